The van der Waals surface area contributed by atoms with Crippen LogP contribution in [-0.4, -0.2) is 23.0 Å². The number of hydrogen-bond acceptors (Lipinski definition) is 4. The van der Waals surface area contributed by atoms with E-state index in [1.54, 1.807) is 6.20 Å². The first-order valence-corrected chi connectivity index (χ1v) is 7.35. The van der Waals surface area contributed by atoms with Crippen molar-refractivity contribution in [3.05, 3.63) is 36.0 Å². The number of primary amides is 1. The van der Waals surface area contributed by atoms with Crippen molar-refractivity contribution in [2.75, 3.05) is 5.32 Å². The van der Waals surface area contributed by atoms with Gasteiger partial charge < -0.3 is 16.8 Å². The molecule has 1 aliphatic rings. The summed E-state index contributed by atoms with van der Waals surface area (Å²) in [4.78, 5) is 16.0. The monoisotopic (exact) mass is 284 g/mol. The molecule has 1 aromatic heterocycles. The minimum atomic E-state index is -0.455. The van der Waals surface area contributed by atoms with E-state index in [-0.39, 0.29) is 0 Å². The predicted octanol–water partition coefficient (Wildman–Crippen LogP) is 2.02. The second-order valence-corrected chi connectivity index (χ2v) is 5.68. The molecule has 3 rings (SSSR count). The van der Waals surface area contributed by atoms with Gasteiger partial charge in [-0.15, -0.1) is 0 Å². The van der Waals surface area contributed by atoms with Crippen molar-refractivity contribution in [3.8, 4) is 0 Å². The number of aromatic nitrogens is 1. The van der Waals surface area contributed by atoms with Crippen molar-refractivity contribution in [1.82, 2.24) is 4.98 Å². The average molecular weight is 284 g/mol. The van der Waals surface area contributed by atoms with Crippen LogP contribution < -0.4 is 16.8 Å². The van der Waals surface area contributed by atoms with E-state index in [9.17, 15) is 4.79 Å². The van der Waals surface area contributed by atoms with Crippen LogP contribution in [0.5, 0.6) is 0 Å². The zero-order valence-electron chi connectivity index (χ0n) is 11.9. The Morgan fingerprint density at radius 2 is 1.90 bits per heavy atom. The number of nitrogens with zero attached hydrogens (tertiary/aromatic N) is 1. The van der Waals surface area contributed by atoms with Gasteiger partial charge in [-0.05, 0) is 31.7 Å². The Morgan fingerprint density at radius 1 is 1.19 bits per heavy atom. The largest absolute Gasteiger partial charge is 0.381 e. The zero-order chi connectivity index (χ0) is 14.8. The van der Waals surface area contributed by atoms with Gasteiger partial charge in [0, 0.05) is 23.7 Å². The topological polar surface area (TPSA) is 94.0 Å². The van der Waals surface area contributed by atoms with Gasteiger partial charge in [-0.3, -0.25) is 9.78 Å². The highest BCUT2D eigenvalue weighted by molar-refractivity contribution is 6.06. The van der Waals surface area contributed by atoms with E-state index < -0.39 is 5.91 Å². The Bertz CT molecular complexity index is 662. The lowest BCUT2D eigenvalue weighted by atomic mass is 9.91. The summed E-state index contributed by atoms with van der Waals surface area (Å²) in [6.07, 6.45) is 5.59. The molecule has 1 aromatic carbocycles. The van der Waals surface area contributed by atoms with Gasteiger partial charge >= 0.3 is 0 Å². The number of carbonyl (C=O) groups is 1. The summed E-state index contributed by atoms with van der Waals surface area (Å²) in [6, 6.07) is 8.40. The van der Waals surface area contributed by atoms with Crippen LogP contribution >= 0.6 is 0 Å². The highest BCUT2D eigenvalue weighted by atomic mass is 16.1. The highest BCUT2D eigenvalue weighted by Gasteiger charge is 2.21. The van der Waals surface area contributed by atoms with Gasteiger partial charge in [0.2, 0.25) is 0 Å². The van der Waals surface area contributed by atoms with E-state index in [2.05, 4.69) is 10.3 Å². The first kappa shape index (κ1) is 13.8. The molecule has 1 heterocycles. The first-order valence-electron chi connectivity index (χ1n) is 7.35. The summed E-state index contributed by atoms with van der Waals surface area (Å²) in [5.74, 6) is -0.455. The first-order chi connectivity index (χ1) is 10.1. The van der Waals surface area contributed by atoms with Crippen LogP contribution in [0.3, 0.4) is 0 Å². The summed E-state index contributed by atoms with van der Waals surface area (Å²) in [5.41, 5.74) is 13.5. The fourth-order valence-electron chi connectivity index (χ4n) is 2.95. The maximum Gasteiger partial charge on any atom is 0.252 e. The molecule has 1 fully saturated rings. The summed E-state index contributed by atoms with van der Waals surface area (Å²) >= 11 is 0. The number of nitrogens with one attached hydrogen (secondary N) is 1. The molecule has 5 nitrogen and oxygen atoms in total. The Kier molecular flexibility index (Phi) is 3.75. The maximum atomic E-state index is 11.7. The molecule has 0 spiro atoms. The molecule has 21 heavy (non-hydrogen) atoms. The van der Waals surface area contributed by atoms with Crippen molar-refractivity contribution in [3.63, 3.8) is 0 Å². The summed E-state index contributed by atoms with van der Waals surface area (Å²) in [7, 11) is 0. The lowest BCUT2D eigenvalue weighted by Crippen LogP contribution is -2.33. The van der Waals surface area contributed by atoms with E-state index in [1.165, 1.54) is 0 Å². The molecule has 0 atom stereocenters. The molecule has 5 heteroatoms. The van der Waals surface area contributed by atoms with Gasteiger partial charge in [-0.1, -0.05) is 18.2 Å². The van der Waals surface area contributed by atoms with Gasteiger partial charge in [0.15, 0.2) is 0 Å². The molecular formula is C16H20N4O. The zero-order valence-corrected chi connectivity index (χ0v) is 11.9. The maximum absolute atomic E-state index is 11.7. The van der Waals surface area contributed by atoms with E-state index in [1.807, 2.05) is 24.3 Å². The van der Waals surface area contributed by atoms with Gasteiger partial charge in [0.25, 0.3) is 5.91 Å². The van der Waals surface area contributed by atoms with Crippen LogP contribution in [0.1, 0.15) is 36.0 Å². The molecule has 0 bridgehead atoms. The molecule has 110 valence electrons. The number of amides is 1. The van der Waals surface area contributed by atoms with Crippen LogP contribution in [0.2, 0.25) is 0 Å². The Labute approximate surface area is 123 Å². The molecule has 1 amide bonds. The van der Waals surface area contributed by atoms with E-state index in [0.29, 0.717) is 17.6 Å². The van der Waals surface area contributed by atoms with Crippen LogP contribution in [0.25, 0.3) is 10.9 Å². The number of hydrogen-bond donors (Lipinski definition) is 3. The van der Waals surface area contributed by atoms with Crippen molar-refractivity contribution in [2.24, 2.45) is 11.5 Å². The SMILES string of the molecule is NC(=O)c1cnc2ccccc2c1NC1CCC(N)CC1. The number of rotatable bonds is 3. The Balaban J connectivity index is 1.98. The smallest absolute Gasteiger partial charge is 0.252 e. The van der Waals surface area contributed by atoms with Gasteiger partial charge in [-0.25, -0.2) is 0 Å². The molecule has 0 radical (unpaired) electrons. The quantitative estimate of drug-likeness (QED) is 0.803. The van der Waals surface area contributed by atoms with Crippen LogP contribution in [0, 0.1) is 0 Å². The molecule has 1 saturated carbocycles. The average Bonchev–Trinajstić information content (AvgIpc) is 2.49. The fraction of sp³-hybridized carbons (Fsp3) is 0.375. The van der Waals surface area contributed by atoms with Crippen molar-refractivity contribution in [2.45, 2.75) is 37.8 Å². The predicted molar refractivity (Wildman–Crippen MR) is 84.1 cm³/mol. The Morgan fingerprint density at radius 3 is 2.62 bits per heavy atom. The fourth-order valence-corrected chi connectivity index (χ4v) is 2.95. The van der Waals surface area contributed by atoms with E-state index in [4.69, 9.17) is 11.5 Å². The third-order valence-corrected chi connectivity index (χ3v) is 4.16. The van der Waals surface area contributed by atoms with Crippen LogP contribution in [0.4, 0.5) is 5.69 Å². The van der Waals surface area contributed by atoms with Gasteiger partial charge in [0.05, 0.1) is 16.8 Å². The Hall–Kier alpha value is -2.14. The molecule has 0 unspecified atom stereocenters. The number of para-hydroxylation sites is 1. The number of anilines is 1. The van der Waals surface area contributed by atoms with Crippen molar-refractivity contribution in [1.29, 1.82) is 0 Å². The summed E-state index contributed by atoms with van der Waals surface area (Å²) < 4.78 is 0. The molecule has 2 aromatic rings. The van der Waals surface area contributed by atoms with Gasteiger partial charge in [-0.2, -0.15) is 0 Å². The number of carbonyl (C=O) groups excluding carboxylic acids is 1. The van der Waals surface area contributed by atoms with Crippen molar-refractivity contribution < 1.29 is 4.79 Å². The van der Waals surface area contributed by atoms with Gasteiger partial charge in [0.1, 0.15) is 0 Å². The molecular weight excluding hydrogens is 264 g/mol. The van der Waals surface area contributed by atoms with Crippen LogP contribution in [0.15, 0.2) is 30.5 Å². The van der Waals surface area contributed by atoms with Crippen molar-refractivity contribution >= 4 is 22.5 Å². The molecule has 0 saturated heterocycles. The number of pyridine rings is 1. The standard InChI is InChI=1S/C16H20N4O/c17-10-5-7-11(8-6-10)20-15-12-3-1-2-4-14(12)19-9-13(15)16(18)21/h1-4,9-11H,5-8,17H2,(H2,18,21)(H,19,20). The summed E-state index contributed by atoms with van der Waals surface area (Å²) in [6.45, 7) is 0. The minimum absolute atomic E-state index is 0.299. The second kappa shape index (κ2) is 5.69. The van der Waals surface area contributed by atoms with E-state index >= 15 is 0 Å². The molecule has 1 aliphatic carbocycles. The summed E-state index contributed by atoms with van der Waals surface area (Å²) in [5, 5.41) is 4.43. The van der Waals surface area contributed by atoms with Crippen LogP contribution in [-0.2, 0) is 0 Å². The normalized spacial score (nSPS) is 22.1. The minimum Gasteiger partial charge on any atom is -0.381 e. The lowest BCUT2D eigenvalue weighted by molar-refractivity contribution is 0.100. The second-order valence-electron chi connectivity index (χ2n) is 5.68. The third-order valence-electron chi connectivity index (χ3n) is 4.16. The number of benzene rings is 1. The molecule has 0 aliphatic heterocycles. The number of fused-ring (bicyclic) bond motifs is 1. The third kappa shape index (κ3) is 2.83. The van der Waals surface area contributed by atoms with E-state index in [0.717, 1.165) is 42.3 Å². The highest BCUT2D eigenvalue weighted by Crippen LogP contribution is 2.29. The molecule has 5 N–H and O–H groups in total. The number of nitrogens with two attached hydrogens (primary N) is 2. The lowest BCUT2D eigenvalue weighted by Gasteiger charge is -2.28.